The lowest BCUT2D eigenvalue weighted by Crippen LogP contribution is -2.49. The molecule has 1 aromatic rings. The van der Waals surface area contributed by atoms with Gasteiger partial charge < -0.3 is 4.90 Å². The van der Waals surface area contributed by atoms with Crippen LogP contribution in [-0.2, 0) is 24.2 Å². The number of carbonyl (C=O) groups excluding carboxylic acids is 1. The smallest absolute Gasteiger partial charge is 0.225 e. The fourth-order valence-electron chi connectivity index (χ4n) is 3.53. The molecule has 1 aromatic heterocycles. The summed E-state index contributed by atoms with van der Waals surface area (Å²) in [6, 6.07) is 0. The van der Waals surface area contributed by atoms with Gasteiger partial charge in [-0.1, -0.05) is 13.8 Å². The molecular formula is C17H27N3OS. The molecule has 5 heteroatoms. The Morgan fingerprint density at radius 2 is 1.91 bits per heavy atom. The Balaban J connectivity index is 1.50. The molecule has 4 nitrogen and oxygen atoms in total. The van der Waals surface area contributed by atoms with Crippen LogP contribution in [0.5, 0.6) is 0 Å². The van der Waals surface area contributed by atoms with Crippen LogP contribution in [0.2, 0.25) is 0 Å². The number of aryl methyl sites for hydroxylation is 2. The first-order chi connectivity index (χ1) is 10.7. The number of aromatic nitrogens is 1. The molecule has 1 aliphatic heterocycles. The van der Waals surface area contributed by atoms with Gasteiger partial charge in [0.1, 0.15) is 5.01 Å². The topological polar surface area (TPSA) is 36.4 Å². The molecule has 0 radical (unpaired) electrons. The fraction of sp³-hybridized carbons (Fsp3) is 0.765. The van der Waals surface area contributed by atoms with Gasteiger partial charge in [0.2, 0.25) is 5.91 Å². The third-order valence-electron chi connectivity index (χ3n) is 5.02. The highest BCUT2D eigenvalue weighted by Gasteiger charge is 2.26. The number of nitrogens with zero attached hydrogens (tertiary/aromatic N) is 3. The molecule has 0 saturated carbocycles. The van der Waals surface area contributed by atoms with Crippen LogP contribution in [0.1, 0.15) is 48.7 Å². The van der Waals surface area contributed by atoms with Crippen LogP contribution in [0.3, 0.4) is 0 Å². The van der Waals surface area contributed by atoms with Crippen LogP contribution in [0, 0.1) is 5.92 Å². The normalized spacial score (nSPS) is 19.0. The largest absolute Gasteiger partial charge is 0.340 e. The van der Waals surface area contributed by atoms with Gasteiger partial charge in [0.05, 0.1) is 12.2 Å². The maximum Gasteiger partial charge on any atom is 0.225 e. The summed E-state index contributed by atoms with van der Waals surface area (Å²) in [5, 5.41) is 1.27. The maximum atomic E-state index is 12.4. The summed E-state index contributed by atoms with van der Waals surface area (Å²) in [6.45, 7) is 8.91. The fourth-order valence-corrected chi connectivity index (χ4v) is 4.72. The maximum absolute atomic E-state index is 12.4. The van der Waals surface area contributed by atoms with Gasteiger partial charge in [-0.3, -0.25) is 9.69 Å². The molecule has 0 unspecified atom stereocenters. The van der Waals surface area contributed by atoms with Gasteiger partial charge in [0, 0.05) is 37.0 Å². The molecule has 2 heterocycles. The van der Waals surface area contributed by atoms with Crippen molar-refractivity contribution in [3.05, 3.63) is 15.6 Å². The second-order valence-electron chi connectivity index (χ2n) is 6.45. The molecule has 1 saturated heterocycles. The second kappa shape index (κ2) is 7.09. The zero-order valence-corrected chi connectivity index (χ0v) is 14.6. The van der Waals surface area contributed by atoms with Crippen LogP contribution in [0.25, 0.3) is 0 Å². The molecule has 0 spiro atoms. The SMILES string of the molecule is CCC(CC)C(=O)N1CCN(Cc2nc3c(s2)CCC3)CC1. The third kappa shape index (κ3) is 3.35. The number of rotatable bonds is 5. The first kappa shape index (κ1) is 15.9. The van der Waals surface area contributed by atoms with E-state index in [2.05, 4.69) is 23.6 Å². The average molecular weight is 321 g/mol. The van der Waals surface area contributed by atoms with E-state index in [0.717, 1.165) is 45.6 Å². The van der Waals surface area contributed by atoms with E-state index in [0.29, 0.717) is 5.91 Å². The molecule has 0 atom stereocenters. The second-order valence-corrected chi connectivity index (χ2v) is 7.61. The first-order valence-corrected chi connectivity index (χ1v) is 9.51. The molecule has 2 aliphatic rings. The van der Waals surface area contributed by atoms with E-state index >= 15 is 0 Å². The van der Waals surface area contributed by atoms with E-state index in [1.54, 1.807) is 0 Å². The number of amides is 1. The Morgan fingerprint density at radius 3 is 2.55 bits per heavy atom. The minimum atomic E-state index is 0.216. The molecule has 0 aromatic carbocycles. The minimum Gasteiger partial charge on any atom is -0.340 e. The average Bonchev–Trinajstić information content (AvgIpc) is 3.10. The van der Waals surface area contributed by atoms with Gasteiger partial charge in [0.15, 0.2) is 0 Å². The number of hydrogen-bond acceptors (Lipinski definition) is 4. The van der Waals surface area contributed by atoms with Crippen molar-refractivity contribution in [1.82, 2.24) is 14.8 Å². The zero-order valence-electron chi connectivity index (χ0n) is 13.8. The molecule has 1 amide bonds. The highest BCUT2D eigenvalue weighted by molar-refractivity contribution is 7.11. The Hall–Kier alpha value is -0.940. The zero-order chi connectivity index (χ0) is 15.5. The lowest BCUT2D eigenvalue weighted by atomic mass is 10.0. The lowest BCUT2D eigenvalue weighted by molar-refractivity contribution is -0.137. The molecule has 0 N–H and O–H groups in total. The van der Waals surface area contributed by atoms with E-state index in [-0.39, 0.29) is 5.92 Å². The Labute approximate surface area is 137 Å². The lowest BCUT2D eigenvalue weighted by Gasteiger charge is -2.35. The molecule has 3 rings (SSSR count). The predicted octanol–water partition coefficient (Wildman–Crippen LogP) is 2.71. The molecule has 22 heavy (non-hydrogen) atoms. The van der Waals surface area contributed by atoms with Crippen molar-refractivity contribution in [2.24, 2.45) is 5.92 Å². The molecule has 122 valence electrons. The third-order valence-corrected chi connectivity index (χ3v) is 6.16. The minimum absolute atomic E-state index is 0.216. The molecular weight excluding hydrogens is 294 g/mol. The van der Waals surface area contributed by atoms with Gasteiger partial charge in [-0.2, -0.15) is 0 Å². The van der Waals surface area contributed by atoms with Crippen LogP contribution < -0.4 is 0 Å². The Morgan fingerprint density at radius 1 is 1.18 bits per heavy atom. The monoisotopic (exact) mass is 321 g/mol. The van der Waals surface area contributed by atoms with E-state index in [1.807, 2.05) is 11.3 Å². The quantitative estimate of drug-likeness (QED) is 0.837. The highest BCUT2D eigenvalue weighted by Crippen LogP contribution is 2.28. The van der Waals surface area contributed by atoms with Crippen molar-refractivity contribution in [3.63, 3.8) is 0 Å². The van der Waals surface area contributed by atoms with Crippen LogP contribution in [0.15, 0.2) is 0 Å². The van der Waals surface area contributed by atoms with Crippen molar-refractivity contribution < 1.29 is 4.79 Å². The van der Waals surface area contributed by atoms with Crippen LogP contribution in [0.4, 0.5) is 0 Å². The summed E-state index contributed by atoms with van der Waals surface area (Å²) >= 11 is 1.90. The van der Waals surface area contributed by atoms with E-state index in [4.69, 9.17) is 4.98 Å². The first-order valence-electron chi connectivity index (χ1n) is 8.69. The van der Waals surface area contributed by atoms with Crippen LogP contribution in [-0.4, -0.2) is 46.9 Å². The summed E-state index contributed by atoms with van der Waals surface area (Å²) < 4.78 is 0. The van der Waals surface area contributed by atoms with E-state index in [9.17, 15) is 4.79 Å². The highest BCUT2D eigenvalue weighted by atomic mass is 32.1. The van der Waals surface area contributed by atoms with E-state index in [1.165, 1.54) is 34.8 Å². The summed E-state index contributed by atoms with van der Waals surface area (Å²) in [6.07, 6.45) is 5.60. The van der Waals surface area contributed by atoms with Gasteiger partial charge in [-0.25, -0.2) is 4.98 Å². The van der Waals surface area contributed by atoms with Gasteiger partial charge in [0.25, 0.3) is 0 Å². The molecule has 1 fully saturated rings. The summed E-state index contributed by atoms with van der Waals surface area (Å²) in [7, 11) is 0. The van der Waals surface area contributed by atoms with Crippen molar-refractivity contribution >= 4 is 17.2 Å². The number of carbonyl (C=O) groups is 1. The number of thiazole rings is 1. The van der Waals surface area contributed by atoms with Crippen LogP contribution >= 0.6 is 11.3 Å². The van der Waals surface area contributed by atoms with Crippen molar-refractivity contribution in [1.29, 1.82) is 0 Å². The van der Waals surface area contributed by atoms with Gasteiger partial charge >= 0.3 is 0 Å². The number of fused-ring (bicyclic) bond motifs is 1. The van der Waals surface area contributed by atoms with Gasteiger partial charge in [-0.15, -0.1) is 11.3 Å². The molecule has 0 bridgehead atoms. The van der Waals surface area contributed by atoms with Crippen molar-refractivity contribution in [3.8, 4) is 0 Å². The van der Waals surface area contributed by atoms with E-state index < -0.39 is 0 Å². The van der Waals surface area contributed by atoms with Crippen molar-refractivity contribution in [2.45, 2.75) is 52.5 Å². The number of hydrogen-bond donors (Lipinski definition) is 0. The Kier molecular flexibility index (Phi) is 5.14. The Bertz CT molecular complexity index is 494. The summed E-state index contributed by atoms with van der Waals surface area (Å²) in [5.41, 5.74) is 1.35. The van der Waals surface area contributed by atoms with Crippen molar-refractivity contribution in [2.75, 3.05) is 26.2 Å². The number of piperazine rings is 1. The predicted molar refractivity (Wildman–Crippen MR) is 90.1 cm³/mol. The molecule has 1 aliphatic carbocycles. The van der Waals surface area contributed by atoms with Gasteiger partial charge in [-0.05, 0) is 32.1 Å². The summed E-state index contributed by atoms with van der Waals surface area (Å²) in [5.74, 6) is 0.575. The summed E-state index contributed by atoms with van der Waals surface area (Å²) in [4.78, 5) is 23.2. The standard InChI is InChI=1S/C17H27N3OS/c1-3-13(4-2)17(21)20-10-8-19(9-11-20)12-16-18-14-6-5-7-15(14)22-16/h13H,3-12H2,1-2H3.